The molecule has 0 heterocycles. The van der Waals surface area contributed by atoms with E-state index in [0.29, 0.717) is 22.8 Å². The molecule has 0 saturated heterocycles. The van der Waals surface area contributed by atoms with Crippen LogP contribution in [-0.2, 0) is 26.2 Å². The third kappa shape index (κ3) is 7.61. The van der Waals surface area contributed by atoms with Gasteiger partial charge in [0.2, 0.25) is 11.8 Å². The first-order chi connectivity index (χ1) is 18.6. The number of carbonyl (C=O) groups excluding carboxylic acids is 2. The van der Waals surface area contributed by atoms with Crippen molar-refractivity contribution in [2.45, 2.75) is 58.0 Å². The first kappa shape index (κ1) is 30.2. The molecule has 0 bridgehead atoms. The molecule has 0 aromatic heterocycles. The molecule has 1 atom stereocenters. The SMILES string of the molecule is CCCCNC(=O)[C@@H](C)N(Cc1ccc(C)cc1)C(=O)CN(c1cccc(Cl)c1C)S(=O)(=O)c1ccccc1. The summed E-state index contributed by atoms with van der Waals surface area (Å²) in [6.45, 7) is 7.52. The highest BCUT2D eigenvalue weighted by molar-refractivity contribution is 7.92. The summed E-state index contributed by atoms with van der Waals surface area (Å²) in [7, 11) is -4.14. The number of aryl methyl sites for hydroxylation is 1. The van der Waals surface area contributed by atoms with Crippen molar-refractivity contribution < 1.29 is 18.0 Å². The number of hydrogen-bond acceptors (Lipinski definition) is 4. The Balaban J connectivity index is 2.02. The molecular formula is C30H36ClN3O4S. The Hall–Kier alpha value is -3.36. The Kier molecular flexibility index (Phi) is 10.5. The second-order valence-corrected chi connectivity index (χ2v) is 11.8. The molecule has 0 saturated carbocycles. The van der Waals surface area contributed by atoms with Gasteiger partial charge in [0.25, 0.3) is 10.0 Å². The van der Waals surface area contributed by atoms with Crippen LogP contribution in [-0.4, -0.2) is 44.3 Å². The zero-order valence-electron chi connectivity index (χ0n) is 22.9. The lowest BCUT2D eigenvalue weighted by atomic mass is 10.1. The third-order valence-corrected chi connectivity index (χ3v) is 8.77. The number of rotatable bonds is 12. The summed E-state index contributed by atoms with van der Waals surface area (Å²) in [5.74, 6) is -0.798. The maximum Gasteiger partial charge on any atom is 0.264 e. The number of nitrogens with zero attached hydrogens (tertiary/aromatic N) is 2. The Bertz CT molecular complexity index is 1380. The summed E-state index contributed by atoms with van der Waals surface area (Å²) in [5.41, 5.74) is 2.73. The number of halogens is 1. The number of sulfonamides is 1. The van der Waals surface area contributed by atoms with E-state index in [9.17, 15) is 18.0 Å². The van der Waals surface area contributed by atoms with Gasteiger partial charge >= 0.3 is 0 Å². The summed E-state index contributed by atoms with van der Waals surface area (Å²) in [6.07, 6.45) is 1.74. The van der Waals surface area contributed by atoms with Crippen molar-refractivity contribution in [1.29, 1.82) is 0 Å². The molecular weight excluding hydrogens is 534 g/mol. The molecule has 7 nitrogen and oxygen atoms in total. The molecule has 3 aromatic carbocycles. The smallest absolute Gasteiger partial charge is 0.264 e. The van der Waals surface area contributed by atoms with Gasteiger partial charge in [0.1, 0.15) is 12.6 Å². The number of amides is 2. The summed E-state index contributed by atoms with van der Waals surface area (Å²) < 4.78 is 28.8. The lowest BCUT2D eigenvalue weighted by Gasteiger charge is -2.32. The number of nitrogens with one attached hydrogen (secondary N) is 1. The first-order valence-corrected chi connectivity index (χ1v) is 14.8. The van der Waals surface area contributed by atoms with E-state index in [-0.39, 0.29) is 17.3 Å². The highest BCUT2D eigenvalue weighted by Gasteiger charge is 2.33. The number of anilines is 1. The zero-order valence-corrected chi connectivity index (χ0v) is 24.4. The van der Waals surface area contributed by atoms with Crippen LogP contribution >= 0.6 is 11.6 Å². The van der Waals surface area contributed by atoms with Crippen molar-refractivity contribution >= 4 is 39.1 Å². The fourth-order valence-electron chi connectivity index (χ4n) is 4.11. The molecule has 0 aliphatic carbocycles. The second-order valence-electron chi connectivity index (χ2n) is 9.54. The molecule has 0 unspecified atom stereocenters. The molecule has 3 aromatic rings. The minimum absolute atomic E-state index is 0.0487. The van der Waals surface area contributed by atoms with Gasteiger partial charge in [0, 0.05) is 18.1 Å². The molecule has 208 valence electrons. The summed E-state index contributed by atoms with van der Waals surface area (Å²) in [5, 5.41) is 3.27. The van der Waals surface area contributed by atoms with Gasteiger partial charge < -0.3 is 10.2 Å². The van der Waals surface area contributed by atoms with E-state index in [2.05, 4.69) is 5.32 Å². The maximum atomic E-state index is 14.0. The fourth-order valence-corrected chi connectivity index (χ4v) is 5.77. The van der Waals surface area contributed by atoms with Gasteiger partial charge in [0.05, 0.1) is 10.6 Å². The van der Waals surface area contributed by atoms with Crippen molar-refractivity contribution in [2.75, 3.05) is 17.4 Å². The normalized spacial score (nSPS) is 12.0. The Morgan fingerprint density at radius 3 is 2.26 bits per heavy atom. The number of unbranched alkanes of at least 4 members (excludes halogenated alkanes) is 1. The van der Waals surface area contributed by atoms with Gasteiger partial charge in [-0.2, -0.15) is 0 Å². The lowest BCUT2D eigenvalue weighted by Crippen LogP contribution is -2.51. The van der Waals surface area contributed by atoms with Crippen LogP contribution in [0, 0.1) is 13.8 Å². The van der Waals surface area contributed by atoms with E-state index in [0.717, 1.165) is 28.3 Å². The molecule has 0 aliphatic heterocycles. The fraction of sp³-hybridized carbons (Fsp3) is 0.333. The molecule has 39 heavy (non-hydrogen) atoms. The molecule has 0 spiro atoms. The minimum atomic E-state index is -4.14. The standard InChI is InChI=1S/C30H36ClN3O4S/c1-5-6-19-32-30(36)24(4)33(20-25-17-15-22(2)16-18-25)29(35)21-34(28-14-10-13-27(31)23(28)3)39(37,38)26-11-8-7-9-12-26/h7-18,24H,5-6,19-21H2,1-4H3,(H,32,36)/t24-/m1/s1. The van der Waals surface area contributed by atoms with Crippen LogP contribution in [0.25, 0.3) is 0 Å². The van der Waals surface area contributed by atoms with Crippen molar-refractivity contribution in [3.05, 3.63) is 94.5 Å². The molecule has 0 aliphatic rings. The van der Waals surface area contributed by atoms with Crippen LogP contribution in [0.3, 0.4) is 0 Å². The average molecular weight is 570 g/mol. The predicted molar refractivity (Wildman–Crippen MR) is 156 cm³/mol. The van der Waals surface area contributed by atoms with Crippen LogP contribution in [0.4, 0.5) is 5.69 Å². The summed E-state index contributed by atoms with van der Waals surface area (Å²) >= 11 is 6.36. The van der Waals surface area contributed by atoms with E-state index in [1.54, 1.807) is 50.2 Å². The van der Waals surface area contributed by atoms with Crippen LogP contribution in [0.15, 0.2) is 77.7 Å². The lowest BCUT2D eigenvalue weighted by molar-refractivity contribution is -0.139. The first-order valence-electron chi connectivity index (χ1n) is 13.0. The van der Waals surface area contributed by atoms with Gasteiger partial charge in [-0.05, 0) is 62.6 Å². The third-order valence-electron chi connectivity index (χ3n) is 6.59. The highest BCUT2D eigenvalue weighted by atomic mass is 35.5. The largest absolute Gasteiger partial charge is 0.354 e. The molecule has 9 heteroatoms. The van der Waals surface area contributed by atoms with Gasteiger partial charge in [-0.25, -0.2) is 8.42 Å². The number of hydrogen-bond donors (Lipinski definition) is 1. The minimum Gasteiger partial charge on any atom is -0.354 e. The van der Waals surface area contributed by atoms with Gasteiger partial charge in [-0.3, -0.25) is 13.9 Å². The Morgan fingerprint density at radius 2 is 1.62 bits per heavy atom. The molecule has 2 amide bonds. The summed E-state index contributed by atoms with van der Waals surface area (Å²) in [4.78, 5) is 28.5. The van der Waals surface area contributed by atoms with E-state index < -0.39 is 28.5 Å². The van der Waals surface area contributed by atoms with Crippen LogP contribution in [0.5, 0.6) is 0 Å². The van der Waals surface area contributed by atoms with E-state index in [1.807, 2.05) is 38.1 Å². The van der Waals surface area contributed by atoms with Crippen molar-refractivity contribution in [3.8, 4) is 0 Å². The quantitative estimate of drug-likeness (QED) is 0.292. The van der Waals surface area contributed by atoms with Gasteiger partial charge in [-0.15, -0.1) is 0 Å². The van der Waals surface area contributed by atoms with E-state index >= 15 is 0 Å². The number of benzene rings is 3. The topological polar surface area (TPSA) is 86.8 Å². The predicted octanol–water partition coefficient (Wildman–Crippen LogP) is 5.49. The van der Waals surface area contributed by atoms with Crippen molar-refractivity contribution in [3.63, 3.8) is 0 Å². The van der Waals surface area contributed by atoms with Crippen molar-refractivity contribution in [1.82, 2.24) is 10.2 Å². The van der Waals surface area contributed by atoms with Crippen LogP contribution in [0.1, 0.15) is 43.4 Å². The van der Waals surface area contributed by atoms with E-state index in [1.165, 1.54) is 17.0 Å². The Labute approximate surface area is 236 Å². The van der Waals surface area contributed by atoms with E-state index in [4.69, 9.17) is 11.6 Å². The molecule has 1 N–H and O–H groups in total. The second kappa shape index (κ2) is 13.6. The molecule has 0 radical (unpaired) electrons. The monoisotopic (exact) mass is 569 g/mol. The van der Waals surface area contributed by atoms with Crippen molar-refractivity contribution in [2.24, 2.45) is 0 Å². The maximum absolute atomic E-state index is 14.0. The summed E-state index contributed by atoms with van der Waals surface area (Å²) in [6, 6.07) is 19.7. The average Bonchev–Trinajstić information content (AvgIpc) is 2.93. The number of carbonyl (C=O) groups is 2. The molecule has 3 rings (SSSR count). The van der Waals surface area contributed by atoms with Crippen LogP contribution in [0.2, 0.25) is 5.02 Å². The Morgan fingerprint density at radius 1 is 0.949 bits per heavy atom. The molecule has 0 fully saturated rings. The zero-order chi connectivity index (χ0) is 28.6. The highest BCUT2D eigenvalue weighted by Crippen LogP contribution is 2.31. The van der Waals surface area contributed by atoms with Gasteiger partial charge in [0.15, 0.2) is 0 Å². The van der Waals surface area contributed by atoms with Crippen LogP contribution < -0.4 is 9.62 Å². The van der Waals surface area contributed by atoms with Gasteiger partial charge in [-0.1, -0.05) is 79.0 Å².